The predicted molar refractivity (Wildman–Crippen MR) is 122 cm³/mol. The molecule has 4 aromatic heterocycles. The van der Waals surface area contributed by atoms with Crippen molar-refractivity contribution < 1.29 is 28.3 Å². The number of methoxy groups -OCH3 is 1. The summed E-state index contributed by atoms with van der Waals surface area (Å²) in [4.78, 5) is 45.3. The lowest BCUT2D eigenvalue weighted by Gasteiger charge is -2.10. The number of pyridine rings is 1. The first-order valence-electron chi connectivity index (χ1n) is 10.6. The maximum Gasteiger partial charge on any atom is 0.339 e. The van der Waals surface area contributed by atoms with E-state index < -0.39 is 24.3 Å². The molecule has 0 aliphatic heterocycles. The van der Waals surface area contributed by atoms with Gasteiger partial charge in [-0.1, -0.05) is 0 Å². The maximum atomic E-state index is 13.1. The van der Waals surface area contributed by atoms with Gasteiger partial charge in [-0.15, -0.1) is 0 Å². The van der Waals surface area contributed by atoms with Crippen LogP contribution < -0.4 is 0 Å². The third kappa shape index (κ3) is 3.98. The van der Waals surface area contributed by atoms with Gasteiger partial charge in [-0.05, 0) is 51.5 Å². The molecular formula is C24H24N4O6. The van der Waals surface area contributed by atoms with Gasteiger partial charge in [0.05, 0.1) is 41.8 Å². The normalized spacial score (nSPS) is 11.2. The number of aryl methyl sites for hydroxylation is 1. The number of hydrogen-bond acceptors (Lipinski definition) is 8. The van der Waals surface area contributed by atoms with Gasteiger partial charge in [-0.2, -0.15) is 5.10 Å². The molecule has 0 saturated carbocycles. The zero-order valence-electron chi connectivity index (χ0n) is 19.5. The zero-order valence-corrected chi connectivity index (χ0v) is 19.5. The van der Waals surface area contributed by atoms with Crippen molar-refractivity contribution in [2.45, 2.75) is 33.7 Å². The fourth-order valence-electron chi connectivity index (χ4n) is 3.83. The smallest absolute Gasteiger partial charge is 0.339 e. The maximum absolute atomic E-state index is 13.1. The van der Waals surface area contributed by atoms with E-state index in [0.717, 1.165) is 0 Å². The Morgan fingerprint density at radius 3 is 2.62 bits per heavy atom. The minimum atomic E-state index is -0.703. The Balaban J connectivity index is 1.64. The molecular weight excluding hydrogens is 440 g/mol. The van der Waals surface area contributed by atoms with E-state index in [-0.39, 0.29) is 22.9 Å². The average Bonchev–Trinajstić information content (AvgIpc) is 3.55. The molecule has 1 N–H and O–H groups in total. The summed E-state index contributed by atoms with van der Waals surface area (Å²) in [5.74, 6) is -1.24. The number of nitrogens with zero attached hydrogens (tertiary/aromatic N) is 3. The molecule has 0 fully saturated rings. The summed E-state index contributed by atoms with van der Waals surface area (Å²) in [6, 6.07) is 5.02. The second-order valence-corrected chi connectivity index (χ2v) is 8.07. The summed E-state index contributed by atoms with van der Waals surface area (Å²) in [6.45, 7) is 6.69. The van der Waals surface area contributed by atoms with Gasteiger partial charge in [0.1, 0.15) is 5.69 Å². The number of H-pyrrole nitrogens is 1. The molecule has 0 saturated heterocycles. The monoisotopic (exact) mass is 464 g/mol. The highest BCUT2D eigenvalue weighted by atomic mass is 16.5. The van der Waals surface area contributed by atoms with E-state index in [2.05, 4.69) is 15.1 Å². The van der Waals surface area contributed by atoms with E-state index in [1.54, 1.807) is 42.9 Å². The Morgan fingerprint density at radius 2 is 1.97 bits per heavy atom. The lowest BCUT2D eigenvalue weighted by molar-refractivity contribution is 0.0475. The van der Waals surface area contributed by atoms with Crippen LogP contribution in [-0.4, -0.2) is 51.2 Å². The number of fused-ring (bicyclic) bond motifs is 1. The topological polar surface area (TPSA) is 129 Å². The highest BCUT2D eigenvalue weighted by molar-refractivity contribution is 6.06. The van der Waals surface area contributed by atoms with Gasteiger partial charge in [0.2, 0.25) is 5.78 Å². The standard InChI is InChI=1S/C24H24N4O6/c1-12(2)28-22-16(10-25-28)15(9-17(27-22)19-7-6-8-33-19)23(30)34-11-18(29)21-13(3)20(14(4)26-21)24(31)32-5/h6-10,12,26H,11H2,1-5H3. The minimum Gasteiger partial charge on any atom is -0.465 e. The second kappa shape index (κ2) is 8.97. The largest absolute Gasteiger partial charge is 0.465 e. The molecule has 10 nitrogen and oxygen atoms in total. The van der Waals surface area contributed by atoms with Crippen LogP contribution in [0.4, 0.5) is 0 Å². The van der Waals surface area contributed by atoms with E-state index >= 15 is 0 Å². The number of Topliss-reactive ketones (excluding diaryl/α,β-unsaturated/α-hetero) is 1. The molecule has 4 aromatic rings. The number of rotatable bonds is 7. The number of ether oxygens (including phenoxy) is 2. The Labute approximate surface area is 194 Å². The Hall–Kier alpha value is -4.21. The van der Waals surface area contributed by atoms with Crippen molar-refractivity contribution in [3.63, 3.8) is 0 Å². The number of carbonyl (C=O) groups is 3. The van der Waals surface area contributed by atoms with Crippen LogP contribution in [-0.2, 0) is 9.47 Å². The highest BCUT2D eigenvalue weighted by Crippen LogP contribution is 2.27. The van der Waals surface area contributed by atoms with E-state index in [9.17, 15) is 14.4 Å². The summed E-state index contributed by atoms with van der Waals surface area (Å²) < 4.78 is 17.3. The van der Waals surface area contributed by atoms with Crippen molar-refractivity contribution in [1.29, 1.82) is 0 Å². The van der Waals surface area contributed by atoms with E-state index in [4.69, 9.17) is 13.9 Å². The highest BCUT2D eigenvalue weighted by Gasteiger charge is 2.25. The first kappa shape index (κ1) is 23.0. The number of nitrogens with one attached hydrogen (secondary N) is 1. The molecule has 4 heterocycles. The first-order chi connectivity index (χ1) is 16.2. The van der Waals surface area contributed by atoms with Crippen LogP contribution in [0, 0.1) is 13.8 Å². The zero-order chi connectivity index (χ0) is 24.6. The van der Waals surface area contributed by atoms with E-state index in [1.807, 2.05) is 13.8 Å². The van der Waals surface area contributed by atoms with Crippen LogP contribution >= 0.6 is 0 Å². The summed E-state index contributed by atoms with van der Waals surface area (Å²) in [6.07, 6.45) is 3.06. The van der Waals surface area contributed by atoms with E-state index in [0.29, 0.717) is 33.7 Å². The van der Waals surface area contributed by atoms with Crippen molar-refractivity contribution in [1.82, 2.24) is 19.7 Å². The van der Waals surface area contributed by atoms with Gasteiger partial charge in [0.25, 0.3) is 0 Å². The van der Waals surface area contributed by atoms with Crippen LogP contribution in [0.1, 0.15) is 62.4 Å². The lowest BCUT2D eigenvalue weighted by atomic mass is 10.1. The number of aromatic amines is 1. The number of esters is 2. The van der Waals surface area contributed by atoms with Gasteiger partial charge in [0, 0.05) is 11.7 Å². The fourth-order valence-corrected chi connectivity index (χ4v) is 3.83. The quantitative estimate of drug-likeness (QED) is 0.320. The Morgan fingerprint density at radius 1 is 1.21 bits per heavy atom. The summed E-state index contributed by atoms with van der Waals surface area (Å²) >= 11 is 0. The van der Waals surface area contributed by atoms with Gasteiger partial charge in [-0.3, -0.25) is 4.79 Å². The van der Waals surface area contributed by atoms with Crippen LogP contribution in [0.15, 0.2) is 35.1 Å². The Bertz CT molecular complexity index is 1390. The third-order valence-corrected chi connectivity index (χ3v) is 5.49. The number of furan rings is 1. The van der Waals surface area contributed by atoms with Crippen molar-refractivity contribution in [3.8, 4) is 11.5 Å². The molecule has 0 unspecified atom stereocenters. The summed E-state index contributed by atoms with van der Waals surface area (Å²) in [7, 11) is 1.27. The molecule has 0 spiro atoms. The van der Waals surface area contributed by atoms with Crippen LogP contribution in [0.2, 0.25) is 0 Å². The molecule has 0 aliphatic carbocycles. The molecule has 34 heavy (non-hydrogen) atoms. The molecule has 4 rings (SSSR count). The van der Waals surface area contributed by atoms with Crippen LogP contribution in [0.25, 0.3) is 22.5 Å². The SMILES string of the molecule is COC(=O)c1c(C)[nH]c(C(=O)COC(=O)c2cc(-c3ccco3)nc3c2cnn3C(C)C)c1C. The number of ketones is 1. The number of carbonyl (C=O) groups excluding carboxylic acids is 3. The first-order valence-corrected chi connectivity index (χ1v) is 10.6. The molecule has 0 bridgehead atoms. The van der Waals surface area contributed by atoms with E-state index in [1.165, 1.54) is 13.4 Å². The van der Waals surface area contributed by atoms with Crippen LogP contribution in [0.5, 0.6) is 0 Å². The lowest BCUT2D eigenvalue weighted by Crippen LogP contribution is -2.16. The molecule has 176 valence electrons. The summed E-state index contributed by atoms with van der Waals surface area (Å²) in [5.41, 5.74) is 2.57. The molecule has 0 aliphatic rings. The number of hydrogen-bond donors (Lipinski definition) is 1. The average molecular weight is 464 g/mol. The third-order valence-electron chi connectivity index (χ3n) is 5.49. The van der Waals surface area contributed by atoms with Crippen molar-refractivity contribution in [3.05, 3.63) is 58.7 Å². The van der Waals surface area contributed by atoms with Gasteiger partial charge in [-0.25, -0.2) is 19.3 Å². The Kier molecular flexibility index (Phi) is 6.06. The van der Waals surface area contributed by atoms with Crippen molar-refractivity contribution >= 4 is 28.8 Å². The van der Waals surface area contributed by atoms with Gasteiger partial charge < -0.3 is 18.9 Å². The van der Waals surface area contributed by atoms with Gasteiger partial charge in [0.15, 0.2) is 18.0 Å². The number of aromatic nitrogens is 4. The molecule has 10 heteroatoms. The molecule has 0 radical (unpaired) electrons. The minimum absolute atomic E-state index is 0.00500. The molecule has 0 atom stereocenters. The van der Waals surface area contributed by atoms with Gasteiger partial charge >= 0.3 is 11.9 Å². The molecule has 0 aromatic carbocycles. The fraction of sp³-hybridized carbons (Fsp3) is 0.292. The van der Waals surface area contributed by atoms with Crippen molar-refractivity contribution in [2.24, 2.45) is 0 Å². The second-order valence-electron chi connectivity index (χ2n) is 8.07. The molecule has 0 amide bonds. The van der Waals surface area contributed by atoms with Crippen LogP contribution in [0.3, 0.4) is 0 Å². The van der Waals surface area contributed by atoms with Crippen molar-refractivity contribution in [2.75, 3.05) is 13.7 Å². The predicted octanol–water partition coefficient (Wildman–Crippen LogP) is 4.04. The summed E-state index contributed by atoms with van der Waals surface area (Å²) in [5, 5.41) is 4.85.